The van der Waals surface area contributed by atoms with Crippen molar-refractivity contribution in [2.45, 2.75) is 57.2 Å². The molecule has 0 saturated carbocycles. The van der Waals surface area contributed by atoms with Gasteiger partial charge in [0.25, 0.3) is 0 Å². The smallest absolute Gasteiger partial charge is 0.231 e. The molecule has 3 rings (SSSR count). The molecule has 0 N–H and O–H groups in total. The molecule has 1 aromatic carbocycles. The van der Waals surface area contributed by atoms with Crippen molar-refractivity contribution in [3.05, 3.63) is 23.8 Å². The van der Waals surface area contributed by atoms with Crippen LogP contribution in [0, 0.1) is 0 Å². The summed E-state index contributed by atoms with van der Waals surface area (Å²) in [5.41, 5.74) is 1.14. The molecular weight excluding hydrogens is 322 g/mol. The van der Waals surface area contributed by atoms with Crippen LogP contribution in [0.15, 0.2) is 18.2 Å². The lowest BCUT2D eigenvalue weighted by Gasteiger charge is -2.24. The molecule has 2 heterocycles. The number of hydrogen-bond donors (Lipinski definition) is 0. The summed E-state index contributed by atoms with van der Waals surface area (Å²) in [5.74, 6) is 2.88. The van der Waals surface area contributed by atoms with Gasteiger partial charge in [0.2, 0.25) is 12.7 Å². The minimum Gasteiger partial charge on any atom is -0.454 e. The van der Waals surface area contributed by atoms with E-state index in [1.807, 2.05) is 28.8 Å². The number of nitrogens with zero attached hydrogens (tertiary/aromatic N) is 1. The summed E-state index contributed by atoms with van der Waals surface area (Å²) in [6.07, 6.45) is 7.97. The number of thioether (sulfide) groups is 1. The molecule has 1 amide bonds. The Bertz CT molecular complexity index is 564. The van der Waals surface area contributed by atoms with E-state index in [-0.39, 0.29) is 18.1 Å². The number of hydrogen-bond acceptors (Lipinski definition) is 4. The van der Waals surface area contributed by atoms with Crippen LogP contribution in [0.5, 0.6) is 11.5 Å². The van der Waals surface area contributed by atoms with Crippen molar-refractivity contribution >= 4 is 17.7 Å². The SMILES string of the molecule is CCCCCCCCC(=O)N1CCSC1c1ccc2c(c1)OCO2. The predicted molar refractivity (Wildman–Crippen MR) is 97.5 cm³/mol. The summed E-state index contributed by atoms with van der Waals surface area (Å²) < 4.78 is 10.8. The maximum atomic E-state index is 12.6. The van der Waals surface area contributed by atoms with E-state index in [0.29, 0.717) is 6.42 Å². The van der Waals surface area contributed by atoms with Crippen LogP contribution in [-0.4, -0.2) is 29.9 Å². The first kappa shape index (κ1) is 17.5. The van der Waals surface area contributed by atoms with E-state index >= 15 is 0 Å². The van der Waals surface area contributed by atoms with E-state index < -0.39 is 0 Å². The van der Waals surface area contributed by atoms with E-state index in [4.69, 9.17) is 9.47 Å². The number of benzene rings is 1. The lowest BCUT2D eigenvalue weighted by atomic mass is 10.1. The average Bonchev–Trinajstić information content (AvgIpc) is 3.25. The van der Waals surface area contributed by atoms with Gasteiger partial charge >= 0.3 is 0 Å². The van der Waals surface area contributed by atoms with Crippen LogP contribution in [0.25, 0.3) is 0 Å². The second-order valence-electron chi connectivity index (χ2n) is 6.44. The maximum absolute atomic E-state index is 12.6. The van der Waals surface area contributed by atoms with Gasteiger partial charge in [0.1, 0.15) is 5.37 Å². The van der Waals surface area contributed by atoms with E-state index in [1.165, 1.54) is 32.1 Å². The molecule has 0 spiro atoms. The summed E-state index contributed by atoms with van der Waals surface area (Å²) in [7, 11) is 0. The number of rotatable bonds is 8. The molecule has 4 nitrogen and oxygen atoms in total. The highest BCUT2D eigenvalue weighted by atomic mass is 32.2. The topological polar surface area (TPSA) is 38.8 Å². The molecule has 132 valence electrons. The summed E-state index contributed by atoms with van der Waals surface area (Å²) in [6, 6.07) is 6.03. The quantitative estimate of drug-likeness (QED) is 0.636. The van der Waals surface area contributed by atoms with Crippen LogP contribution in [0.3, 0.4) is 0 Å². The number of carbonyl (C=O) groups is 1. The van der Waals surface area contributed by atoms with Crippen LogP contribution in [-0.2, 0) is 4.79 Å². The second kappa shape index (κ2) is 8.65. The lowest BCUT2D eigenvalue weighted by Crippen LogP contribution is -2.30. The monoisotopic (exact) mass is 349 g/mol. The third kappa shape index (κ3) is 4.18. The van der Waals surface area contributed by atoms with Crippen molar-refractivity contribution in [2.75, 3.05) is 19.1 Å². The van der Waals surface area contributed by atoms with Gasteiger partial charge in [-0.25, -0.2) is 0 Å². The highest BCUT2D eigenvalue weighted by Crippen LogP contribution is 2.42. The number of ether oxygens (including phenoxy) is 2. The van der Waals surface area contributed by atoms with Gasteiger partial charge in [-0.2, -0.15) is 0 Å². The van der Waals surface area contributed by atoms with Crippen molar-refractivity contribution in [3.63, 3.8) is 0 Å². The van der Waals surface area contributed by atoms with Crippen molar-refractivity contribution < 1.29 is 14.3 Å². The van der Waals surface area contributed by atoms with Gasteiger partial charge in [-0.1, -0.05) is 45.1 Å². The lowest BCUT2D eigenvalue weighted by molar-refractivity contribution is -0.131. The molecule has 1 unspecified atom stereocenters. The Labute approximate surface area is 148 Å². The molecule has 1 atom stereocenters. The fourth-order valence-electron chi connectivity index (χ4n) is 3.27. The molecule has 5 heteroatoms. The molecule has 0 aromatic heterocycles. The normalized spacial score (nSPS) is 19.0. The number of amides is 1. The first-order valence-corrected chi connectivity index (χ1v) is 10.1. The Morgan fingerprint density at radius 1 is 1.17 bits per heavy atom. The molecule has 0 aliphatic carbocycles. The van der Waals surface area contributed by atoms with Gasteiger partial charge < -0.3 is 14.4 Å². The molecule has 1 saturated heterocycles. The predicted octanol–water partition coefficient (Wildman–Crippen LogP) is 4.74. The Morgan fingerprint density at radius 3 is 2.83 bits per heavy atom. The minimum atomic E-state index is 0.118. The fourth-order valence-corrected chi connectivity index (χ4v) is 4.54. The summed E-state index contributed by atoms with van der Waals surface area (Å²) in [4.78, 5) is 14.6. The zero-order valence-corrected chi connectivity index (χ0v) is 15.3. The van der Waals surface area contributed by atoms with Gasteiger partial charge in [0.15, 0.2) is 11.5 Å². The van der Waals surface area contributed by atoms with Crippen molar-refractivity contribution in [3.8, 4) is 11.5 Å². The average molecular weight is 349 g/mol. The first-order chi connectivity index (χ1) is 11.8. The van der Waals surface area contributed by atoms with Gasteiger partial charge in [0.05, 0.1) is 0 Å². The Morgan fingerprint density at radius 2 is 1.96 bits per heavy atom. The number of fused-ring (bicyclic) bond motifs is 1. The highest BCUT2D eigenvalue weighted by Gasteiger charge is 2.31. The molecule has 0 radical (unpaired) electrons. The van der Waals surface area contributed by atoms with Gasteiger partial charge in [-0.05, 0) is 24.1 Å². The molecule has 24 heavy (non-hydrogen) atoms. The molecule has 1 fully saturated rings. The number of carbonyl (C=O) groups excluding carboxylic acids is 1. The van der Waals surface area contributed by atoms with Crippen LogP contribution in [0.1, 0.15) is 62.8 Å². The highest BCUT2D eigenvalue weighted by molar-refractivity contribution is 7.99. The van der Waals surface area contributed by atoms with Crippen LogP contribution in [0.4, 0.5) is 0 Å². The molecular formula is C19H27NO3S. The third-order valence-corrected chi connectivity index (χ3v) is 5.90. The first-order valence-electron chi connectivity index (χ1n) is 9.10. The zero-order chi connectivity index (χ0) is 16.8. The zero-order valence-electron chi connectivity index (χ0n) is 14.5. The molecule has 0 bridgehead atoms. The Balaban J connectivity index is 1.52. The largest absolute Gasteiger partial charge is 0.454 e. The fraction of sp³-hybridized carbons (Fsp3) is 0.632. The van der Waals surface area contributed by atoms with E-state index in [0.717, 1.165) is 35.8 Å². The van der Waals surface area contributed by atoms with Crippen LogP contribution >= 0.6 is 11.8 Å². The van der Waals surface area contributed by atoms with E-state index in [9.17, 15) is 4.79 Å². The standard InChI is InChI=1S/C19H27NO3S/c1-2-3-4-5-6-7-8-18(21)20-11-12-24-19(20)15-9-10-16-17(13-15)23-14-22-16/h9-10,13,19H,2-8,11-12,14H2,1H3. The van der Waals surface area contributed by atoms with E-state index in [1.54, 1.807) is 0 Å². The summed E-state index contributed by atoms with van der Waals surface area (Å²) >= 11 is 1.84. The summed E-state index contributed by atoms with van der Waals surface area (Å²) in [6.45, 7) is 3.36. The minimum absolute atomic E-state index is 0.118. The molecule has 2 aliphatic heterocycles. The van der Waals surface area contributed by atoms with Crippen molar-refractivity contribution in [1.29, 1.82) is 0 Å². The third-order valence-electron chi connectivity index (χ3n) is 4.64. The maximum Gasteiger partial charge on any atom is 0.231 e. The number of unbranched alkanes of at least 4 members (excludes halogenated alkanes) is 5. The van der Waals surface area contributed by atoms with Gasteiger partial charge in [-0.15, -0.1) is 11.8 Å². The van der Waals surface area contributed by atoms with E-state index in [2.05, 4.69) is 13.0 Å². The Hall–Kier alpha value is -1.36. The summed E-state index contributed by atoms with van der Waals surface area (Å²) in [5, 5.41) is 0.118. The van der Waals surface area contributed by atoms with Crippen LogP contribution in [0.2, 0.25) is 0 Å². The Kier molecular flexibility index (Phi) is 6.30. The van der Waals surface area contributed by atoms with Crippen molar-refractivity contribution in [2.24, 2.45) is 0 Å². The van der Waals surface area contributed by atoms with Crippen molar-refractivity contribution in [1.82, 2.24) is 4.90 Å². The molecule has 2 aliphatic rings. The van der Waals surface area contributed by atoms with Gasteiger partial charge in [0, 0.05) is 18.7 Å². The van der Waals surface area contributed by atoms with Crippen LogP contribution < -0.4 is 9.47 Å². The second-order valence-corrected chi connectivity index (χ2v) is 7.63. The molecule has 1 aromatic rings. The van der Waals surface area contributed by atoms with Gasteiger partial charge in [-0.3, -0.25) is 4.79 Å².